The molecule has 6 heteroatoms. The predicted octanol–water partition coefficient (Wildman–Crippen LogP) is 11.9. The smallest absolute Gasteiger partial charge is 0.235 e. The van der Waals surface area contributed by atoms with Crippen LogP contribution in [0.3, 0.4) is 0 Å². The third-order valence-electron chi connectivity index (χ3n) is 10.3. The summed E-state index contributed by atoms with van der Waals surface area (Å²) in [6, 6.07) is 51.4. The van der Waals surface area contributed by atoms with Crippen LogP contribution < -0.4 is 0 Å². The van der Waals surface area contributed by atoms with E-state index in [0.29, 0.717) is 5.95 Å². The lowest BCUT2D eigenvalue weighted by Gasteiger charge is -2.20. The number of para-hydroxylation sites is 4. The average Bonchev–Trinajstić information content (AvgIpc) is 3.83. The highest BCUT2D eigenvalue weighted by Crippen LogP contribution is 2.50. The fraction of sp³-hybridized carbons (Fsp3) is 0. The van der Waals surface area contributed by atoms with Crippen LogP contribution in [0.2, 0.25) is 0 Å². The molecule has 11 aromatic rings. The molecule has 0 saturated carbocycles. The van der Waals surface area contributed by atoms with Gasteiger partial charge in [-0.3, -0.25) is 4.57 Å². The molecular weight excluding hydrogens is 633 g/mol. The van der Waals surface area contributed by atoms with Gasteiger partial charge in [-0.05, 0) is 48.5 Å². The van der Waals surface area contributed by atoms with Crippen LogP contribution in [-0.2, 0) is 0 Å². The summed E-state index contributed by atoms with van der Waals surface area (Å²) < 4.78 is 11.6. The van der Waals surface area contributed by atoms with E-state index in [9.17, 15) is 0 Å². The summed E-state index contributed by atoms with van der Waals surface area (Å²) in [5, 5.41) is 7.82. The summed E-state index contributed by atoms with van der Waals surface area (Å²) in [5.74, 6) is 0.638. The minimum Gasteiger partial charge on any atom is -0.455 e. The zero-order chi connectivity index (χ0) is 32.5. The van der Waals surface area contributed by atoms with Crippen molar-refractivity contribution in [3.8, 4) is 22.9 Å². The maximum absolute atomic E-state index is 6.92. The molecule has 12 rings (SSSR count). The van der Waals surface area contributed by atoms with Crippen LogP contribution in [0.5, 0.6) is 0 Å². The first-order valence-electron chi connectivity index (χ1n) is 16.8. The average molecular weight is 657 g/mol. The Kier molecular flexibility index (Phi) is 5.11. The minimum atomic E-state index is 0.638. The second kappa shape index (κ2) is 9.62. The van der Waals surface area contributed by atoms with E-state index in [1.807, 2.05) is 0 Å². The Labute approximate surface area is 289 Å². The van der Waals surface area contributed by atoms with Crippen LogP contribution in [0.4, 0.5) is 0 Å². The number of aromatic nitrogens is 4. The molecule has 0 saturated heterocycles. The molecule has 0 atom stereocenters. The van der Waals surface area contributed by atoms with Gasteiger partial charge in [0.05, 0.1) is 38.7 Å². The number of hydrogen-bond donors (Lipinski definition) is 0. The van der Waals surface area contributed by atoms with E-state index in [2.05, 4.69) is 155 Å². The quantitative estimate of drug-likeness (QED) is 0.186. The van der Waals surface area contributed by atoms with Gasteiger partial charge in [0, 0.05) is 53.4 Å². The molecule has 0 fully saturated rings. The highest BCUT2D eigenvalue weighted by atomic mass is 32.2. The number of benzene rings is 7. The summed E-state index contributed by atoms with van der Waals surface area (Å²) in [4.78, 5) is 13.3. The van der Waals surface area contributed by atoms with Crippen LogP contribution in [0.1, 0.15) is 0 Å². The van der Waals surface area contributed by atoms with Crippen LogP contribution in [0, 0.1) is 0 Å². The van der Waals surface area contributed by atoms with Crippen LogP contribution in [-0.4, -0.2) is 19.1 Å². The standard InChI is InChI=1S/C44H24N4OS/c1-2-13-25(14-3-1)47-31-20-8-4-15-26(31)36-37-28-17-6-10-22-33(28)49-43(37)38-27-16-5-9-21-32(27)48(42(38)41(36)47)44-45-30-19-12-24-35-39(30)40(46-44)29-18-7-11-23-34(29)50-35/h1-24H. The van der Waals surface area contributed by atoms with E-state index in [0.717, 1.165) is 88.0 Å². The highest BCUT2D eigenvalue weighted by Gasteiger charge is 2.29. The van der Waals surface area contributed by atoms with Crippen molar-refractivity contribution < 1.29 is 4.42 Å². The fourth-order valence-electron chi connectivity index (χ4n) is 8.32. The highest BCUT2D eigenvalue weighted by molar-refractivity contribution is 7.99. The SMILES string of the molecule is c1ccc(-n2c3ccccc3c3c4c5ccccc5oc4c4c5ccccc5n(-c5nc6c7c(cccc7n5)Sc5ccccc5-6)c4c32)cc1. The Hall–Kier alpha value is -6.37. The molecule has 0 radical (unpaired) electrons. The van der Waals surface area contributed by atoms with Gasteiger partial charge < -0.3 is 8.98 Å². The maximum atomic E-state index is 6.92. The molecule has 50 heavy (non-hydrogen) atoms. The van der Waals surface area contributed by atoms with Crippen molar-refractivity contribution in [1.29, 1.82) is 0 Å². The summed E-state index contributed by atoms with van der Waals surface area (Å²) in [6.07, 6.45) is 0. The lowest BCUT2D eigenvalue weighted by molar-refractivity contribution is 0.673. The van der Waals surface area contributed by atoms with Gasteiger partial charge in [0.15, 0.2) is 0 Å². The molecule has 232 valence electrons. The topological polar surface area (TPSA) is 48.8 Å². The molecule has 0 unspecified atom stereocenters. The molecule has 1 aliphatic rings. The molecule has 7 aromatic carbocycles. The number of nitrogens with zero attached hydrogens (tertiary/aromatic N) is 4. The van der Waals surface area contributed by atoms with Gasteiger partial charge in [-0.1, -0.05) is 109 Å². The Morgan fingerprint density at radius 3 is 2.00 bits per heavy atom. The molecule has 4 aromatic heterocycles. The lowest BCUT2D eigenvalue weighted by atomic mass is 10.0. The van der Waals surface area contributed by atoms with Crippen molar-refractivity contribution in [2.45, 2.75) is 9.79 Å². The second-order valence-electron chi connectivity index (χ2n) is 12.9. The Balaban J connectivity index is 1.38. The zero-order valence-electron chi connectivity index (χ0n) is 26.5. The summed E-state index contributed by atoms with van der Waals surface area (Å²) >= 11 is 1.79. The maximum Gasteiger partial charge on any atom is 0.235 e. The number of fused-ring (bicyclic) bond motifs is 14. The van der Waals surface area contributed by atoms with E-state index < -0.39 is 0 Å². The first kappa shape index (κ1) is 26.6. The van der Waals surface area contributed by atoms with Gasteiger partial charge in [-0.2, -0.15) is 0 Å². The minimum absolute atomic E-state index is 0.638. The Bertz CT molecular complexity index is 3240. The molecule has 0 bridgehead atoms. The fourth-order valence-corrected chi connectivity index (χ4v) is 9.43. The van der Waals surface area contributed by atoms with Gasteiger partial charge in [0.2, 0.25) is 5.95 Å². The van der Waals surface area contributed by atoms with E-state index in [1.165, 1.54) is 15.2 Å². The van der Waals surface area contributed by atoms with Crippen molar-refractivity contribution in [3.05, 3.63) is 146 Å². The molecule has 0 amide bonds. The summed E-state index contributed by atoms with van der Waals surface area (Å²) in [6.45, 7) is 0. The molecule has 5 heterocycles. The molecule has 5 nitrogen and oxygen atoms in total. The molecule has 1 aliphatic heterocycles. The van der Waals surface area contributed by atoms with E-state index in [1.54, 1.807) is 11.8 Å². The van der Waals surface area contributed by atoms with Gasteiger partial charge in [0.1, 0.15) is 11.2 Å². The van der Waals surface area contributed by atoms with Crippen molar-refractivity contribution in [2.24, 2.45) is 0 Å². The number of furan rings is 1. The van der Waals surface area contributed by atoms with Gasteiger partial charge in [-0.25, -0.2) is 9.97 Å². The third kappa shape index (κ3) is 3.33. The zero-order valence-corrected chi connectivity index (χ0v) is 27.3. The van der Waals surface area contributed by atoms with E-state index >= 15 is 0 Å². The molecular formula is C44H24N4OS. The van der Waals surface area contributed by atoms with Crippen LogP contribution in [0.15, 0.2) is 160 Å². The van der Waals surface area contributed by atoms with Crippen LogP contribution >= 0.6 is 11.8 Å². The lowest BCUT2D eigenvalue weighted by Crippen LogP contribution is -2.06. The third-order valence-corrected chi connectivity index (χ3v) is 11.4. The largest absolute Gasteiger partial charge is 0.455 e. The van der Waals surface area contributed by atoms with Crippen molar-refractivity contribution in [1.82, 2.24) is 19.1 Å². The van der Waals surface area contributed by atoms with Gasteiger partial charge >= 0.3 is 0 Å². The molecule has 0 aliphatic carbocycles. The Morgan fingerprint density at radius 2 is 1.14 bits per heavy atom. The monoisotopic (exact) mass is 656 g/mol. The predicted molar refractivity (Wildman–Crippen MR) is 205 cm³/mol. The summed E-state index contributed by atoms with van der Waals surface area (Å²) in [5.41, 5.74) is 10.2. The first-order valence-corrected chi connectivity index (χ1v) is 17.6. The summed E-state index contributed by atoms with van der Waals surface area (Å²) in [7, 11) is 0. The van der Waals surface area contributed by atoms with Crippen molar-refractivity contribution >= 4 is 88.2 Å². The van der Waals surface area contributed by atoms with Crippen LogP contribution in [0.25, 0.3) is 99.3 Å². The first-order chi connectivity index (χ1) is 24.8. The molecule has 0 N–H and O–H groups in total. The van der Waals surface area contributed by atoms with E-state index in [-0.39, 0.29) is 0 Å². The molecule has 0 spiro atoms. The number of rotatable bonds is 2. The van der Waals surface area contributed by atoms with Gasteiger partial charge in [-0.15, -0.1) is 0 Å². The normalized spacial score (nSPS) is 12.7. The Morgan fingerprint density at radius 1 is 0.480 bits per heavy atom. The van der Waals surface area contributed by atoms with Crippen molar-refractivity contribution in [2.75, 3.05) is 0 Å². The van der Waals surface area contributed by atoms with E-state index in [4.69, 9.17) is 14.4 Å². The van der Waals surface area contributed by atoms with Crippen molar-refractivity contribution in [3.63, 3.8) is 0 Å². The second-order valence-corrected chi connectivity index (χ2v) is 14.0. The number of hydrogen-bond acceptors (Lipinski definition) is 4. The van der Waals surface area contributed by atoms with Gasteiger partial charge in [0.25, 0.3) is 0 Å².